The summed E-state index contributed by atoms with van der Waals surface area (Å²) in [6, 6.07) is 3.41. The summed E-state index contributed by atoms with van der Waals surface area (Å²) >= 11 is 0. The number of urea groups is 1. The van der Waals surface area contributed by atoms with Crippen LogP contribution in [0.5, 0.6) is 0 Å². The lowest BCUT2D eigenvalue weighted by molar-refractivity contribution is 0.250. The first-order valence-electron chi connectivity index (χ1n) is 5.96. The maximum atomic E-state index is 11.5. The minimum atomic E-state index is -0.380. The maximum Gasteiger partial charge on any atom is 0.319 e. The topological polar surface area (TPSA) is 71.2 Å². The number of pyridine rings is 1. The summed E-state index contributed by atoms with van der Waals surface area (Å²) in [5.74, 6) is 0. The van der Waals surface area contributed by atoms with Crippen molar-refractivity contribution in [2.45, 2.75) is 18.3 Å². The summed E-state index contributed by atoms with van der Waals surface area (Å²) < 4.78 is 0. The molecule has 1 saturated heterocycles. The van der Waals surface area contributed by atoms with Crippen LogP contribution in [0, 0.1) is 0 Å². The molecular formula is C12H16N4O. The number of carbonyl (C=O) groups is 1. The minimum absolute atomic E-state index is 0.0108. The van der Waals surface area contributed by atoms with Crippen LogP contribution in [-0.2, 0) is 5.41 Å². The summed E-state index contributed by atoms with van der Waals surface area (Å²) in [5.41, 5.74) is 7.39. The third-order valence-electron chi connectivity index (χ3n) is 3.87. The largest absolute Gasteiger partial charge is 0.351 e. The lowest BCUT2D eigenvalue weighted by Gasteiger charge is -2.33. The number of nitrogens with zero attached hydrogens (tertiary/aromatic N) is 2. The molecule has 1 fully saturated rings. The van der Waals surface area contributed by atoms with Gasteiger partial charge in [-0.05, 0) is 38.1 Å². The van der Waals surface area contributed by atoms with E-state index < -0.39 is 0 Å². The van der Waals surface area contributed by atoms with Gasteiger partial charge in [-0.1, -0.05) is 0 Å². The van der Waals surface area contributed by atoms with Crippen LogP contribution in [0.2, 0.25) is 0 Å². The first-order chi connectivity index (χ1) is 8.23. The molecule has 2 aliphatic heterocycles. The Balaban J connectivity index is 2.07. The highest BCUT2D eigenvalue weighted by Crippen LogP contribution is 2.44. The third kappa shape index (κ3) is 1.50. The van der Waals surface area contributed by atoms with Gasteiger partial charge in [0.25, 0.3) is 0 Å². The highest BCUT2D eigenvalue weighted by atomic mass is 16.2. The molecular weight excluding hydrogens is 216 g/mol. The number of piperidine rings is 1. The summed E-state index contributed by atoms with van der Waals surface area (Å²) in [5, 5.41) is 3.35. The van der Waals surface area contributed by atoms with Crippen LogP contribution in [-0.4, -0.2) is 30.6 Å². The normalized spacial score (nSPS) is 21.5. The van der Waals surface area contributed by atoms with E-state index in [4.69, 9.17) is 5.73 Å². The molecule has 90 valence electrons. The van der Waals surface area contributed by atoms with Crippen LogP contribution in [0.25, 0.3) is 0 Å². The Labute approximate surface area is 100 Å². The van der Waals surface area contributed by atoms with Crippen molar-refractivity contribution in [1.82, 2.24) is 10.3 Å². The van der Waals surface area contributed by atoms with Crippen molar-refractivity contribution in [3.63, 3.8) is 0 Å². The van der Waals surface area contributed by atoms with Crippen LogP contribution in [0.4, 0.5) is 10.5 Å². The maximum absolute atomic E-state index is 11.5. The lowest BCUT2D eigenvalue weighted by atomic mass is 9.77. The van der Waals surface area contributed by atoms with Crippen molar-refractivity contribution in [1.29, 1.82) is 0 Å². The number of fused-ring (bicyclic) bond motifs is 2. The van der Waals surface area contributed by atoms with E-state index in [0.717, 1.165) is 37.3 Å². The van der Waals surface area contributed by atoms with E-state index in [1.165, 1.54) is 0 Å². The number of hydrogen-bond donors (Lipinski definition) is 2. The van der Waals surface area contributed by atoms with Crippen molar-refractivity contribution in [2.24, 2.45) is 5.73 Å². The second-order valence-electron chi connectivity index (χ2n) is 4.83. The molecule has 1 aromatic rings. The summed E-state index contributed by atoms with van der Waals surface area (Å²) in [7, 11) is 0. The number of nitrogens with two attached hydrogens (primary N) is 1. The van der Waals surface area contributed by atoms with Gasteiger partial charge in [-0.25, -0.2) is 4.79 Å². The standard InChI is InChI=1S/C12H16N4O/c13-11(17)16-8-12(3-6-14-7-4-12)10-9(16)2-1-5-15-10/h1-2,5,14H,3-4,6-8H2,(H2,13,17). The molecule has 0 saturated carbocycles. The molecule has 1 aromatic heterocycles. The van der Waals surface area contributed by atoms with Crippen LogP contribution in [0.15, 0.2) is 18.3 Å². The fourth-order valence-electron chi connectivity index (χ4n) is 2.98. The highest BCUT2D eigenvalue weighted by Gasteiger charge is 2.45. The van der Waals surface area contributed by atoms with Gasteiger partial charge in [-0.15, -0.1) is 0 Å². The number of anilines is 1. The lowest BCUT2D eigenvalue weighted by Crippen LogP contribution is -2.45. The Morgan fingerprint density at radius 3 is 2.94 bits per heavy atom. The van der Waals surface area contributed by atoms with Crippen LogP contribution < -0.4 is 16.0 Å². The van der Waals surface area contributed by atoms with E-state index in [1.54, 1.807) is 11.1 Å². The van der Waals surface area contributed by atoms with Gasteiger partial charge in [0.05, 0.1) is 11.4 Å². The van der Waals surface area contributed by atoms with Gasteiger partial charge in [-0.3, -0.25) is 9.88 Å². The number of aromatic nitrogens is 1. The zero-order valence-electron chi connectivity index (χ0n) is 9.65. The van der Waals surface area contributed by atoms with E-state index >= 15 is 0 Å². The number of amides is 2. The highest BCUT2D eigenvalue weighted by molar-refractivity contribution is 5.93. The van der Waals surface area contributed by atoms with Crippen LogP contribution in [0.3, 0.4) is 0 Å². The van der Waals surface area contributed by atoms with Gasteiger partial charge >= 0.3 is 6.03 Å². The average Bonchev–Trinajstić information content (AvgIpc) is 2.66. The molecule has 0 bridgehead atoms. The second kappa shape index (κ2) is 3.70. The first kappa shape index (κ1) is 10.5. The zero-order chi connectivity index (χ0) is 11.9. The number of rotatable bonds is 0. The average molecular weight is 232 g/mol. The molecule has 17 heavy (non-hydrogen) atoms. The molecule has 2 aliphatic rings. The number of hydrogen-bond acceptors (Lipinski definition) is 3. The van der Waals surface area contributed by atoms with Gasteiger partial charge in [0.2, 0.25) is 0 Å². The van der Waals surface area contributed by atoms with Gasteiger partial charge in [-0.2, -0.15) is 0 Å². The van der Waals surface area contributed by atoms with Crippen molar-refractivity contribution in [2.75, 3.05) is 24.5 Å². The Morgan fingerprint density at radius 1 is 1.47 bits per heavy atom. The van der Waals surface area contributed by atoms with E-state index in [9.17, 15) is 4.79 Å². The molecule has 0 aliphatic carbocycles. The summed E-state index contributed by atoms with van der Waals surface area (Å²) in [4.78, 5) is 17.6. The Morgan fingerprint density at radius 2 is 2.24 bits per heavy atom. The summed E-state index contributed by atoms with van der Waals surface area (Å²) in [6.45, 7) is 2.63. The minimum Gasteiger partial charge on any atom is -0.351 e. The van der Waals surface area contributed by atoms with Gasteiger partial charge in [0.1, 0.15) is 0 Å². The smallest absolute Gasteiger partial charge is 0.319 e. The molecule has 5 heteroatoms. The van der Waals surface area contributed by atoms with Crippen molar-refractivity contribution in [3.8, 4) is 0 Å². The van der Waals surface area contributed by atoms with Crippen LogP contribution in [0.1, 0.15) is 18.5 Å². The van der Waals surface area contributed by atoms with E-state index in [1.807, 2.05) is 12.1 Å². The Hall–Kier alpha value is -1.62. The SMILES string of the molecule is NC(=O)N1CC2(CCNCC2)c2ncccc21. The van der Waals surface area contributed by atoms with E-state index in [-0.39, 0.29) is 11.4 Å². The monoisotopic (exact) mass is 232 g/mol. The molecule has 5 nitrogen and oxygen atoms in total. The number of primary amides is 1. The van der Waals surface area contributed by atoms with Crippen molar-refractivity contribution in [3.05, 3.63) is 24.0 Å². The Kier molecular flexibility index (Phi) is 2.29. The zero-order valence-corrected chi connectivity index (χ0v) is 9.65. The predicted molar refractivity (Wildman–Crippen MR) is 64.9 cm³/mol. The fourth-order valence-corrected chi connectivity index (χ4v) is 2.98. The summed E-state index contributed by atoms with van der Waals surface area (Å²) in [6.07, 6.45) is 3.83. The third-order valence-corrected chi connectivity index (χ3v) is 3.87. The molecule has 3 N–H and O–H groups in total. The van der Waals surface area contributed by atoms with Crippen molar-refractivity contribution < 1.29 is 4.79 Å². The molecule has 1 spiro atoms. The number of carbonyl (C=O) groups excluding carboxylic acids is 1. The molecule has 0 atom stereocenters. The van der Waals surface area contributed by atoms with Gasteiger partial charge < -0.3 is 11.1 Å². The fraction of sp³-hybridized carbons (Fsp3) is 0.500. The van der Waals surface area contributed by atoms with E-state index in [0.29, 0.717) is 6.54 Å². The van der Waals surface area contributed by atoms with E-state index in [2.05, 4.69) is 10.3 Å². The second-order valence-corrected chi connectivity index (χ2v) is 4.83. The quantitative estimate of drug-likeness (QED) is 0.688. The number of nitrogens with one attached hydrogen (secondary N) is 1. The Bertz CT molecular complexity index is 454. The molecule has 3 rings (SSSR count). The molecule has 0 radical (unpaired) electrons. The van der Waals surface area contributed by atoms with Crippen LogP contribution >= 0.6 is 0 Å². The molecule has 2 amide bonds. The molecule has 3 heterocycles. The predicted octanol–water partition coefficient (Wildman–Crippen LogP) is 0.602. The van der Waals surface area contributed by atoms with Gasteiger partial charge in [0, 0.05) is 18.2 Å². The molecule has 0 unspecified atom stereocenters. The first-order valence-corrected chi connectivity index (χ1v) is 5.96. The van der Waals surface area contributed by atoms with Crippen molar-refractivity contribution >= 4 is 11.7 Å². The molecule has 0 aromatic carbocycles. The van der Waals surface area contributed by atoms with Gasteiger partial charge in [0.15, 0.2) is 0 Å².